The average molecular weight is 482 g/mol. The molecule has 35 heavy (non-hydrogen) atoms. The zero-order valence-corrected chi connectivity index (χ0v) is 19.8. The molecule has 2 fully saturated rings. The van der Waals surface area contributed by atoms with Crippen molar-refractivity contribution in [3.8, 4) is 0 Å². The number of nitrogens with zero attached hydrogens (tertiary/aromatic N) is 2. The quantitative estimate of drug-likeness (QED) is 0.665. The maximum Gasteiger partial charge on any atom is 0.255 e. The van der Waals surface area contributed by atoms with Crippen LogP contribution in [0.4, 0.5) is 8.78 Å². The Morgan fingerprint density at radius 3 is 2.43 bits per heavy atom. The summed E-state index contributed by atoms with van der Waals surface area (Å²) in [7, 11) is 0. The molecular formula is C27H29F2N3O3. The lowest BCUT2D eigenvalue weighted by Gasteiger charge is -2.32. The van der Waals surface area contributed by atoms with Gasteiger partial charge < -0.3 is 9.80 Å². The van der Waals surface area contributed by atoms with Crippen LogP contribution in [0.5, 0.6) is 0 Å². The number of benzene rings is 2. The summed E-state index contributed by atoms with van der Waals surface area (Å²) in [6.07, 6.45) is 2.52. The summed E-state index contributed by atoms with van der Waals surface area (Å²) in [5, 5.41) is 2.23. The Balaban J connectivity index is 1.26. The van der Waals surface area contributed by atoms with E-state index >= 15 is 8.78 Å². The van der Waals surface area contributed by atoms with Gasteiger partial charge in [-0.3, -0.25) is 19.7 Å². The Kier molecular flexibility index (Phi) is 6.40. The Bertz CT molecular complexity index is 1170. The molecule has 0 aliphatic carbocycles. The molecule has 3 aliphatic rings. The van der Waals surface area contributed by atoms with E-state index in [9.17, 15) is 14.4 Å². The van der Waals surface area contributed by atoms with Gasteiger partial charge >= 0.3 is 0 Å². The van der Waals surface area contributed by atoms with Crippen LogP contribution in [0.1, 0.15) is 64.2 Å². The highest BCUT2D eigenvalue weighted by Crippen LogP contribution is 2.38. The number of hydrogen-bond acceptors (Lipinski definition) is 4. The third kappa shape index (κ3) is 4.59. The van der Waals surface area contributed by atoms with Gasteiger partial charge in [0.05, 0.1) is 12.1 Å². The average Bonchev–Trinajstić information content (AvgIpc) is 3.16. The maximum absolute atomic E-state index is 15.6. The highest BCUT2D eigenvalue weighted by molar-refractivity contribution is 6.05. The summed E-state index contributed by atoms with van der Waals surface area (Å²) in [6.45, 7) is 4.39. The van der Waals surface area contributed by atoms with Crippen LogP contribution in [-0.4, -0.2) is 53.2 Å². The van der Waals surface area contributed by atoms with Gasteiger partial charge in [0, 0.05) is 24.1 Å². The molecule has 1 N–H and O–H groups in total. The first-order valence-electron chi connectivity index (χ1n) is 12.2. The number of likely N-dealkylation sites (tertiary alicyclic amines) is 1. The fourth-order valence-corrected chi connectivity index (χ4v) is 5.51. The number of aryl methyl sites for hydroxylation is 1. The smallest absolute Gasteiger partial charge is 0.255 e. The van der Waals surface area contributed by atoms with E-state index in [1.54, 1.807) is 0 Å². The van der Waals surface area contributed by atoms with Crippen LogP contribution < -0.4 is 5.32 Å². The van der Waals surface area contributed by atoms with E-state index in [1.165, 1.54) is 16.0 Å². The van der Waals surface area contributed by atoms with E-state index < -0.39 is 29.5 Å². The Morgan fingerprint density at radius 1 is 1.03 bits per heavy atom. The van der Waals surface area contributed by atoms with Gasteiger partial charge in [-0.15, -0.1) is 0 Å². The number of rotatable bonds is 5. The van der Waals surface area contributed by atoms with Gasteiger partial charge in [-0.1, -0.05) is 29.8 Å². The Hall–Kier alpha value is -3.13. The molecule has 0 saturated carbocycles. The molecule has 3 amide bonds. The molecule has 0 radical (unpaired) electrons. The molecule has 2 saturated heterocycles. The SMILES string of the molecule is Cc1ccc(CCN2CCC(c3c(F)cc4c(c3F)CN(C3CCC(=O)NC3=O)C4=O)CC2)cc1. The monoisotopic (exact) mass is 481 g/mol. The van der Waals surface area contributed by atoms with Gasteiger partial charge in [0.25, 0.3) is 5.91 Å². The van der Waals surface area contributed by atoms with Crippen molar-refractivity contribution in [2.45, 2.75) is 57.5 Å². The van der Waals surface area contributed by atoms with Crippen LogP contribution in [0.2, 0.25) is 0 Å². The Morgan fingerprint density at radius 2 is 1.74 bits per heavy atom. The van der Waals surface area contributed by atoms with E-state index in [0.717, 1.165) is 32.1 Å². The molecule has 2 aromatic rings. The van der Waals surface area contributed by atoms with Crippen molar-refractivity contribution in [1.29, 1.82) is 0 Å². The topological polar surface area (TPSA) is 69.7 Å². The number of piperidine rings is 2. The first-order valence-corrected chi connectivity index (χ1v) is 12.2. The fourth-order valence-electron chi connectivity index (χ4n) is 5.51. The lowest BCUT2D eigenvalue weighted by Crippen LogP contribution is -2.52. The Labute approximate surface area is 203 Å². The van der Waals surface area contributed by atoms with Crippen molar-refractivity contribution < 1.29 is 23.2 Å². The first kappa shape index (κ1) is 23.6. The number of amides is 3. The van der Waals surface area contributed by atoms with Crippen LogP contribution >= 0.6 is 0 Å². The molecular weight excluding hydrogens is 452 g/mol. The zero-order chi connectivity index (χ0) is 24.7. The normalized spacial score (nSPS) is 21.4. The van der Waals surface area contributed by atoms with E-state index in [1.807, 2.05) is 0 Å². The molecule has 5 rings (SSSR count). The van der Waals surface area contributed by atoms with E-state index in [0.29, 0.717) is 12.8 Å². The lowest BCUT2D eigenvalue weighted by molar-refractivity contribution is -0.136. The van der Waals surface area contributed by atoms with Crippen molar-refractivity contribution in [2.24, 2.45) is 0 Å². The number of fused-ring (bicyclic) bond motifs is 1. The number of imide groups is 1. The van der Waals surface area contributed by atoms with Crippen molar-refractivity contribution in [1.82, 2.24) is 15.1 Å². The molecule has 3 aliphatic heterocycles. The van der Waals surface area contributed by atoms with Crippen LogP contribution in [0, 0.1) is 18.6 Å². The molecule has 184 valence electrons. The van der Waals surface area contributed by atoms with Crippen LogP contribution in [0.25, 0.3) is 0 Å². The molecule has 3 heterocycles. The van der Waals surface area contributed by atoms with E-state index in [-0.39, 0.29) is 47.9 Å². The fraction of sp³-hybridized carbons (Fsp3) is 0.444. The highest BCUT2D eigenvalue weighted by Gasteiger charge is 2.42. The minimum atomic E-state index is -0.852. The third-order valence-electron chi connectivity index (χ3n) is 7.59. The second-order valence-electron chi connectivity index (χ2n) is 9.86. The summed E-state index contributed by atoms with van der Waals surface area (Å²) in [4.78, 5) is 40.2. The molecule has 0 bridgehead atoms. The standard InChI is InChI=1S/C27H29F2N3O3/c1-16-2-4-17(5-3-16)8-11-31-12-9-18(10-13-31)24-21(28)14-19-20(25(24)29)15-32(27(19)35)22-6-7-23(33)30-26(22)34/h2-5,14,18,22H,6-13,15H2,1H3,(H,30,33,34). The van der Waals surface area contributed by atoms with E-state index in [4.69, 9.17) is 0 Å². The van der Waals surface area contributed by atoms with Crippen molar-refractivity contribution in [2.75, 3.05) is 19.6 Å². The van der Waals surface area contributed by atoms with Crippen molar-refractivity contribution >= 4 is 17.7 Å². The highest BCUT2D eigenvalue weighted by atomic mass is 19.1. The van der Waals surface area contributed by atoms with Gasteiger partial charge in [-0.05, 0) is 63.2 Å². The lowest BCUT2D eigenvalue weighted by atomic mass is 9.86. The first-order chi connectivity index (χ1) is 16.8. The predicted octanol–water partition coefficient (Wildman–Crippen LogP) is 3.46. The molecule has 2 aromatic carbocycles. The van der Waals surface area contributed by atoms with Crippen LogP contribution in [0.15, 0.2) is 30.3 Å². The zero-order valence-electron chi connectivity index (χ0n) is 19.8. The van der Waals surface area contributed by atoms with Gasteiger partial charge in [0.15, 0.2) is 0 Å². The van der Waals surface area contributed by atoms with Crippen LogP contribution in [-0.2, 0) is 22.6 Å². The summed E-state index contributed by atoms with van der Waals surface area (Å²) in [5.74, 6) is -3.14. The van der Waals surface area contributed by atoms with Gasteiger partial charge in [-0.2, -0.15) is 0 Å². The van der Waals surface area contributed by atoms with Crippen LogP contribution in [0.3, 0.4) is 0 Å². The summed E-state index contributed by atoms with van der Waals surface area (Å²) in [6, 6.07) is 8.76. The summed E-state index contributed by atoms with van der Waals surface area (Å²) in [5.41, 5.74) is 2.69. The second kappa shape index (κ2) is 9.49. The number of carbonyl (C=O) groups is 3. The molecule has 0 aromatic heterocycles. The molecule has 1 unspecified atom stereocenters. The largest absolute Gasteiger partial charge is 0.322 e. The van der Waals surface area contributed by atoms with Gasteiger partial charge in [0.1, 0.15) is 17.7 Å². The molecule has 1 atom stereocenters. The third-order valence-corrected chi connectivity index (χ3v) is 7.59. The van der Waals surface area contributed by atoms with E-state index in [2.05, 4.69) is 41.4 Å². The van der Waals surface area contributed by atoms with Gasteiger partial charge in [-0.25, -0.2) is 8.78 Å². The number of carbonyl (C=O) groups excluding carboxylic acids is 3. The molecule has 8 heteroatoms. The molecule has 6 nitrogen and oxygen atoms in total. The minimum absolute atomic E-state index is 0.0241. The minimum Gasteiger partial charge on any atom is -0.322 e. The van der Waals surface area contributed by atoms with Crippen molar-refractivity contribution in [3.63, 3.8) is 0 Å². The number of nitrogens with one attached hydrogen (secondary N) is 1. The van der Waals surface area contributed by atoms with Gasteiger partial charge in [0.2, 0.25) is 11.8 Å². The number of halogens is 2. The molecule has 0 spiro atoms. The predicted molar refractivity (Wildman–Crippen MR) is 126 cm³/mol. The summed E-state index contributed by atoms with van der Waals surface area (Å²) < 4.78 is 30.7. The maximum atomic E-state index is 15.6. The summed E-state index contributed by atoms with van der Waals surface area (Å²) >= 11 is 0. The number of hydrogen-bond donors (Lipinski definition) is 1. The van der Waals surface area contributed by atoms with Crippen molar-refractivity contribution in [3.05, 3.63) is 69.8 Å². The second-order valence-corrected chi connectivity index (χ2v) is 9.86.